The molecule has 1 aromatic heterocycles. The van der Waals surface area contributed by atoms with Crippen LogP contribution in [0.1, 0.15) is 0 Å². The molecule has 0 fully saturated rings. The predicted molar refractivity (Wildman–Crippen MR) is 66.1 cm³/mol. The SMILES string of the molecule is Cn1c(=O)c2cc([N+](=O)[O-])c(Cl)cc2n(C)c1=O. The molecule has 1 heterocycles. The molecule has 18 heavy (non-hydrogen) atoms. The van der Waals surface area contributed by atoms with Gasteiger partial charge in [-0.1, -0.05) is 11.6 Å². The van der Waals surface area contributed by atoms with Crippen molar-refractivity contribution < 1.29 is 4.92 Å². The highest BCUT2D eigenvalue weighted by Crippen LogP contribution is 2.27. The van der Waals surface area contributed by atoms with Gasteiger partial charge in [0.15, 0.2) is 0 Å². The fourth-order valence-corrected chi connectivity index (χ4v) is 1.96. The minimum atomic E-state index is -0.674. The van der Waals surface area contributed by atoms with Crippen molar-refractivity contribution in [2.24, 2.45) is 14.1 Å². The molecule has 0 bridgehead atoms. The van der Waals surface area contributed by atoms with Gasteiger partial charge in [0.05, 0.1) is 15.8 Å². The Morgan fingerprint density at radius 1 is 1.22 bits per heavy atom. The maximum atomic E-state index is 11.9. The lowest BCUT2D eigenvalue weighted by Gasteiger charge is -2.07. The second-order valence-electron chi connectivity index (χ2n) is 3.78. The third-order valence-corrected chi connectivity index (χ3v) is 3.03. The van der Waals surface area contributed by atoms with Crippen LogP contribution in [0.3, 0.4) is 0 Å². The topological polar surface area (TPSA) is 87.1 Å². The van der Waals surface area contributed by atoms with Gasteiger partial charge in [-0.2, -0.15) is 0 Å². The number of halogens is 1. The largest absolute Gasteiger partial charge is 0.330 e. The zero-order valence-electron chi connectivity index (χ0n) is 9.51. The van der Waals surface area contributed by atoms with Gasteiger partial charge in [-0.3, -0.25) is 24.0 Å². The Balaban J connectivity index is 3.09. The van der Waals surface area contributed by atoms with E-state index < -0.39 is 16.2 Å². The van der Waals surface area contributed by atoms with E-state index in [2.05, 4.69) is 0 Å². The molecule has 0 aliphatic carbocycles. The van der Waals surface area contributed by atoms with E-state index in [1.807, 2.05) is 0 Å². The molecule has 0 amide bonds. The highest BCUT2D eigenvalue weighted by molar-refractivity contribution is 6.33. The van der Waals surface area contributed by atoms with Gasteiger partial charge in [0.1, 0.15) is 5.02 Å². The molecule has 2 rings (SSSR count). The quantitative estimate of drug-likeness (QED) is 0.566. The molecule has 0 unspecified atom stereocenters. The van der Waals surface area contributed by atoms with Crippen molar-refractivity contribution in [3.63, 3.8) is 0 Å². The lowest BCUT2D eigenvalue weighted by molar-refractivity contribution is -0.384. The van der Waals surface area contributed by atoms with Crippen LogP contribution in [0.25, 0.3) is 10.9 Å². The predicted octanol–water partition coefficient (Wildman–Crippen LogP) is 0.799. The standard InChI is InChI=1S/C10H8ClN3O4/c1-12-7-4-6(11)8(14(17)18)3-5(7)9(15)13(2)10(12)16/h3-4H,1-2H3. The first-order valence-electron chi connectivity index (χ1n) is 4.88. The van der Waals surface area contributed by atoms with E-state index in [0.717, 1.165) is 10.6 Å². The van der Waals surface area contributed by atoms with Crippen LogP contribution < -0.4 is 11.2 Å². The molecule has 94 valence electrons. The fraction of sp³-hybridized carbons (Fsp3) is 0.200. The van der Waals surface area contributed by atoms with Gasteiger partial charge in [0.25, 0.3) is 11.2 Å². The van der Waals surface area contributed by atoms with E-state index in [1.165, 1.54) is 24.7 Å². The summed E-state index contributed by atoms with van der Waals surface area (Å²) in [7, 11) is 2.77. The molecular weight excluding hydrogens is 262 g/mol. The molecular formula is C10H8ClN3O4. The van der Waals surface area contributed by atoms with Crippen molar-refractivity contribution in [1.29, 1.82) is 0 Å². The number of rotatable bonds is 1. The highest BCUT2D eigenvalue weighted by Gasteiger charge is 2.17. The number of aryl methyl sites for hydroxylation is 1. The summed E-state index contributed by atoms with van der Waals surface area (Å²) in [6.07, 6.45) is 0. The van der Waals surface area contributed by atoms with Crippen molar-refractivity contribution in [1.82, 2.24) is 9.13 Å². The summed E-state index contributed by atoms with van der Waals surface area (Å²) in [6, 6.07) is 2.33. The smallest absolute Gasteiger partial charge is 0.296 e. The molecule has 0 saturated heterocycles. The average Bonchev–Trinajstić information content (AvgIpc) is 2.33. The van der Waals surface area contributed by atoms with Crippen molar-refractivity contribution in [2.75, 3.05) is 0 Å². The maximum Gasteiger partial charge on any atom is 0.330 e. The molecule has 8 heteroatoms. The molecule has 0 N–H and O–H groups in total. The van der Waals surface area contributed by atoms with Crippen LogP contribution in [0.4, 0.5) is 5.69 Å². The number of hydrogen-bond donors (Lipinski definition) is 0. The molecule has 2 aromatic rings. The molecule has 0 atom stereocenters. The third kappa shape index (κ3) is 1.60. The van der Waals surface area contributed by atoms with Crippen molar-refractivity contribution >= 4 is 28.2 Å². The fourth-order valence-electron chi connectivity index (χ4n) is 1.74. The molecule has 1 aromatic carbocycles. The number of nitro benzene ring substituents is 1. The maximum absolute atomic E-state index is 11.9. The third-order valence-electron chi connectivity index (χ3n) is 2.73. The Morgan fingerprint density at radius 3 is 2.39 bits per heavy atom. The normalized spacial score (nSPS) is 10.8. The van der Waals surface area contributed by atoms with E-state index in [-0.39, 0.29) is 21.6 Å². The molecule has 0 aliphatic rings. The number of nitrogens with zero attached hydrogens (tertiary/aromatic N) is 3. The lowest BCUT2D eigenvalue weighted by Crippen LogP contribution is -2.36. The Kier molecular flexibility index (Phi) is 2.70. The summed E-state index contributed by atoms with van der Waals surface area (Å²) in [5.41, 5.74) is -1.20. The first kappa shape index (κ1) is 12.3. The summed E-state index contributed by atoms with van der Waals surface area (Å²) in [4.78, 5) is 33.6. The highest BCUT2D eigenvalue weighted by atomic mass is 35.5. The minimum Gasteiger partial charge on any atom is -0.296 e. The van der Waals surface area contributed by atoms with Crippen LogP contribution in [-0.4, -0.2) is 14.1 Å². The van der Waals surface area contributed by atoms with Gasteiger partial charge >= 0.3 is 5.69 Å². The van der Waals surface area contributed by atoms with Gasteiger partial charge in [0, 0.05) is 20.2 Å². The first-order chi connectivity index (χ1) is 8.34. The van der Waals surface area contributed by atoms with E-state index in [4.69, 9.17) is 11.6 Å². The molecule has 0 saturated carbocycles. The second-order valence-corrected chi connectivity index (χ2v) is 4.19. The number of nitro groups is 1. The number of benzene rings is 1. The van der Waals surface area contributed by atoms with Gasteiger partial charge < -0.3 is 0 Å². The van der Waals surface area contributed by atoms with Crippen LogP contribution in [-0.2, 0) is 14.1 Å². The Bertz CT molecular complexity index is 790. The minimum absolute atomic E-state index is 0.0794. The Hall–Kier alpha value is -2.15. The zero-order valence-corrected chi connectivity index (χ0v) is 10.3. The number of hydrogen-bond acceptors (Lipinski definition) is 4. The van der Waals surface area contributed by atoms with Crippen LogP contribution in [0.2, 0.25) is 5.02 Å². The van der Waals surface area contributed by atoms with E-state index >= 15 is 0 Å². The van der Waals surface area contributed by atoms with Gasteiger partial charge in [-0.25, -0.2) is 4.79 Å². The van der Waals surface area contributed by atoms with E-state index in [9.17, 15) is 19.7 Å². The molecule has 0 radical (unpaired) electrons. The van der Waals surface area contributed by atoms with Crippen LogP contribution in [0.5, 0.6) is 0 Å². The van der Waals surface area contributed by atoms with Crippen LogP contribution in [0.15, 0.2) is 21.7 Å². The summed E-state index contributed by atoms with van der Waals surface area (Å²) in [5, 5.41) is 10.7. The Morgan fingerprint density at radius 2 is 1.83 bits per heavy atom. The van der Waals surface area contributed by atoms with Crippen molar-refractivity contribution in [3.05, 3.63) is 48.1 Å². The monoisotopic (exact) mass is 269 g/mol. The lowest BCUT2D eigenvalue weighted by atomic mass is 10.2. The van der Waals surface area contributed by atoms with Crippen LogP contribution >= 0.6 is 11.6 Å². The first-order valence-corrected chi connectivity index (χ1v) is 5.26. The summed E-state index contributed by atoms with van der Waals surface area (Å²) in [6.45, 7) is 0. The zero-order chi connectivity index (χ0) is 13.6. The van der Waals surface area contributed by atoms with E-state index in [0.29, 0.717) is 0 Å². The van der Waals surface area contributed by atoms with Crippen LogP contribution in [0, 0.1) is 10.1 Å². The molecule has 0 spiro atoms. The summed E-state index contributed by atoms with van der Waals surface area (Å²) < 4.78 is 2.10. The average molecular weight is 270 g/mol. The number of aromatic nitrogens is 2. The van der Waals surface area contributed by atoms with Gasteiger partial charge in [-0.05, 0) is 6.07 Å². The van der Waals surface area contributed by atoms with Gasteiger partial charge in [-0.15, -0.1) is 0 Å². The van der Waals surface area contributed by atoms with Crippen molar-refractivity contribution in [2.45, 2.75) is 0 Å². The van der Waals surface area contributed by atoms with Gasteiger partial charge in [0.2, 0.25) is 0 Å². The molecule has 0 aliphatic heterocycles. The van der Waals surface area contributed by atoms with Crippen molar-refractivity contribution in [3.8, 4) is 0 Å². The van der Waals surface area contributed by atoms with E-state index in [1.54, 1.807) is 0 Å². The summed E-state index contributed by atoms with van der Waals surface area (Å²) in [5.74, 6) is 0. The number of fused-ring (bicyclic) bond motifs is 1. The second kappa shape index (κ2) is 3.95. The summed E-state index contributed by atoms with van der Waals surface area (Å²) >= 11 is 5.75. The molecule has 7 nitrogen and oxygen atoms in total. The Labute approximate surface area is 105 Å².